The van der Waals surface area contributed by atoms with Crippen LogP contribution in [0.4, 0.5) is 0 Å². The Labute approximate surface area is 200 Å². The second-order valence-electron chi connectivity index (χ2n) is 7.66. The van der Waals surface area contributed by atoms with E-state index in [4.69, 9.17) is 4.74 Å². The van der Waals surface area contributed by atoms with Crippen LogP contribution in [-0.4, -0.2) is 34.8 Å². The minimum Gasteiger partial charge on any atom is -0.497 e. The largest absolute Gasteiger partial charge is 0.497 e. The highest BCUT2D eigenvalue weighted by molar-refractivity contribution is 6.01. The van der Waals surface area contributed by atoms with E-state index in [0.717, 1.165) is 5.56 Å². The molecule has 3 aromatic carbocycles. The topological polar surface area (TPSA) is 126 Å². The van der Waals surface area contributed by atoms with Crippen molar-refractivity contribution in [1.29, 1.82) is 0 Å². The number of carbonyl (C=O) groups is 2. The minimum absolute atomic E-state index is 0.194. The van der Waals surface area contributed by atoms with Crippen LogP contribution in [0.1, 0.15) is 34.6 Å². The van der Waals surface area contributed by atoms with Crippen molar-refractivity contribution < 1.29 is 14.3 Å². The van der Waals surface area contributed by atoms with Crippen molar-refractivity contribution in [3.63, 3.8) is 0 Å². The van der Waals surface area contributed by atoms with Gasteiger partial charge in [0, 0.05) is 10.9 Å². The highest BCUT2D eigenvalue weighted by Gasteiger charge is 2.27. The maximum Gasteiger partial charge on any atom is 0.272 e. The first-order valence-electron chi connectivity index (χ1n) is 10.8. The van der Waals surface area contributed by atoms with Crippen molar-refractivity contribution in [1.82, 2.24) is 20.9 Å². The lowest BCUT2D eigenvalue weighted by molar-refractivity contribution is -0.123. The van der Waals surface area contributed by atoms with Crippen LogP contribution in [-0.2, 0) is 4.79 Å². The molecule has 9 nitrogen and oxygen atoms in total. The molecule has 0 aliphatic heterocycles. The lowest BCUT2D eigenvalue weighted by Crippen LogP contribution is -2.40. The molecule has 0 spiro atoms. The minimum atomic E-state index is -1.23. The van der Waals surface area contributed by atoms with Crippen LogP contribution in [0.2, 0.25) is 0 Å². The van der Waals surface area contributed by atoms with Gasteiger partial charge in [-0.15, -0.1) is 0 Å². The number of amides is 2. The number of ether oxygens (including phenoxy) is 1. The summed E-state index contributed by atoms with van der Waals surface area (Å²) in [5, 5.41) is 14.2. The van der Waals surface area contributed by atoms with Crippen LogP contribution in [0, 0.1) is 0 Å². The molecule has 0 saturated carbocycles. The van der Waals surface area contributed by atoms with Gasteiger partial charge in [0.15, 0.2) is 6.04 Å². The van der Waals surface area contributed by atoms with Crippen molar-refractivity contribution in [2.24, 2.45) is 5.10 Å². The molecule has 2 amide bonds. The number of nitrogens with zero attached hydrogens (tertiary/aromatic N) is 2. The molecular weight excluding hydrogens is 446 g/mol. The molecular formula is C26H23N5O4. The number of fused-ring (bicyclic) bond motifs is 1. The van der Waals surface area contributed by atoms with Gasteiger partial charge in [-0.2, -0.15) is 10.2 Å². The SMILES string of the molecule is COc1ccc(C(C)=NNC(=O)C(NC(=O)c2ccccc2)c2n[nH]c(=O)c3ccccc23)cc1. The number of rotatable bonds is 7. The number of carbonyl (C=O) groups excluding carboxylic acids is 2. The van der Waals surface area contributed by atoms with Crippen molar-refractivity contribution in [2.45, 2.75) is 13.0 Å². The Morgan fingerprint density at radius 3 is 2.26 bits per heavy atom. The average molecular weight is 470 g/mol. The van der Waals surface area contributed by atoms with Gasteiger partial charge in [-0.25, -0.2) is 10.5 Å². The summed E-state index contributed by atoms with van der Waals surface area (Å²) in [6, 6.07) is 21.2. The van der Waals surface area contributed by atoms with Gasteiger partial charge in [-0.05, 0) is 55.0 Å². The van der Waals surface area contributed by atoms with Gasteiger partial charge in [-0.1, -0.05) is 36.4 Å². The maximum absolute atomic E-state index is 13.3. The summed E-state index contributed by atoms with van der Waals surface area (Å²) in [5.74, 6) is -0.393. The molecule has 1 atom stereocenters. The number of nitrogens with one attached hydrogen (secondary N) is 3. The van der Waals surface area contributed by atoms with Gasteiger partial charge in [0.1, 0.15) is 11.4 Å². The Balaban J connectivity index is 1.67. The summed E-state index contributed by atoms with van der Waals surface area (Å²) in [7, 11) is 1.58. The molecule has 0 radical (unpaired) electrons. The lowest BCUT2D eigenvalue weighted by atomic mass is 10.0. The summed E-state index contributed by atoms with van der Waals surface area (Å²) in [5.41, 5.74) is 4.01. The quantitative estimate of drug-likeness (QED) is 0.283. The number of hydrogen-bond acceptors (Lipinski definition) is 6. The Morgan fingerprint density at radius 2 is 1.57 bits per heavy atom. The van der Waals surface area contributed by atoms with E-state index >= 15 is 0 Å². The zero-order valence-corrected chi connectivity index (χ0v) is 19.1. The van der Waals surface area contributed by atoms with Gasteiger partial charge in [0.25, 0.3) is 17.4 Å². The van der Waals surface area contributed by atoms with E-state index < -0.39 is 23.4 Å². The van der Waals surface area contributed by atoms with E-state index in [2.05, 4.69) is 26.0 Å². The van der Waals surface area contributed by atoms with E-state index in [1.165, 1.54) is 0 Å². The Bertz CT molecular complexity index is 1450. The Hall–Kier alpha value is -4.79. The smallest absolute Gasteiger partial charge is 0.272 e. The molecule has 4 aromatic rings. The molecule has 1 heterocycles. The summed E-state index contributed by atoms with van der Waals surface area (Å²) in [6.07, 6.45) is 0. The normalized spacial score (nSPS) is 12.1. The average Bonchev–Trinajstić information content (AvgIpc) is 2.91. The van der Waals surface area contributed by atoms with E-state index in [-0.39, 0.29) is 5.69 Å². The van der Waals surface area contributed by atoms with Crippen molar-refractivity contribution in [3.05, 3.63) is 106 Å². The van der Waals surface area contributed by atoms with Gasteiger partial charge in [0.2, 0.25) is 0 Å². The molecule has 1 aromatic heterocycles. The predicted octanol–water partition coefficient (Wildman–Crippen LogP) is 2.94. The Kier molecular flexibility index (Phi) is 6.96. The molecule has 3 N–H and O–H groups in total. The molecule has 176 valence electrons. The fourth-order valence-electron chi connectivity index (χ4n) is 3.52. The Morgan fingerprint density at radius 1 is 0.914 bits per heavy atom. The fraction of sp³-hybridized carbons (Fsp3) is 0.115. The van der Waals surface area contributed by atoms with Crippen molar-refractivity contribution >= 4 is 28.3 Å². The van der Waals surface area contributed by atoms with E-state index in [9.17, 15) is 14.4 Å². The first-order chi connectivity index (χ1) is 17.0. The number of methoxy groups -OCH3 is 1. The summed E-state index contributed by atoms with van der Waals surface area (Å²) in [6.45, 7) is 1.74. The number of aromatic nitrogens is 2. The van der Waals surface area contributed by atoms with Crippen molar-refractivity contribution in [3.8, 4) is 5.75 Å². The van der Waals surface area contributed by atoms with Gasteiger partial charge in [-0.3, -0.25) is 14.4 Å². The van der Waals surface area contributed by atoms with Crippen LogP contribution in [0.15, 0.2) is 88.8 Å². The number of hydrogen-bond donors (Lipinski definition) is 3. The molecule has 1 unspecified atom stereocenters. The maximum atomic E-state index is 13.3. The fourth-order valence-corrected chi connectivity index (χ4v) is 3.52. The van der Waals surface area contributed by atoms with Gasteiger partial charge >= 0.3 is 0 Å². The second-order valence-corrected chi connectivity index (χ2v) is 7.66. The number of aromatic amines is 1. The third-order valence-corrected chi connectivity index (χ3v) is 5.41. The van der Waals surface area contributed by atoms with Crippen LogP contribution in [0.3, 0.4) is 0 Å². The third-order valence-electron chi connectivity index (χ3n) is 5.41. The van der Waals surface area contributed by atoms with Crippen LogP contribution < -0.4 is 21.0 Å². The second kappa shape index (κ2) is 10.4. The molecule has 0 aliphatic rings. The first kappa shape index (κ1) is 23.4. The molecule has 35 heavy (non-hydrogen) atoms. The summed E-state index contributed by atoms with van der Waals surface area (Å²) >= 11 is 0. The van der Waals surface area contributed by atoms with Crippen LogP contribution in [0.5, 0.6) is 5.75 Å². The number of benzene rings is 3. The van der Waals surface area contributed by atoms with Gasteiger partial charge in [0.05, 0.1) is 18.2 Å². The molecule has 0 fully saturated rings. The zero-order chi connectivity index (χ0) is 24.8. The zero-order valence-electron chi connectivity index (χ0n) is 19.1. The molecule has 0 saturated heterocycles. The lowest BCUT2D eigenvalue weighted by Gasteiger charge is -2.18. The summed E-state index contributed by atoms with van der Waals surface area (Å²) < 4.78 is 5.16. The standard InChI is InChI=1S/C26H23N5O4/c1-16(17-12-14-19(35-2)15-13-17)28-31-26(34)23(27-24(32)18-8-4-3-5-9-18)22-20-10-6-7-11-21(20)25(33)30-29-22/h3-15,23H,1-2H3,(H,27,32)(H,30,33)(H,31,34). The van der Waals surface area contributed by atoms with Gasteiger partial charge < -0.3 is 10.1 Å². The molecule has 0 bridgehead atoms. The first-order valence-corrected chi connectivity index (χ1v) is 10.8. The van der Waals surface area contributed by atoms with E-state index in [1.807, 2.05) is 12.1 Å². The van der Waals surface area contributed by atoms with E-state index in [1.54, 1.807) is 80.8 Å². The third kappa shape index (κ3) is 5.25. The molecule has 4 rings (SSSR count). The number of hydrazone groups is 1. The highest BCUT2D eigenvalue weighted by atomic mass is 16.5. The molecule has 9 heteroatoms. The molecule has 0 aliphatic carbocycles. The van der Waals surface area contributed by atoms with E-state index in [0.29, 0.717) is 27.8 Å². The van der Waals surface area contributed by atoms with Crippen LogP contribution in [0.25, 0.3) is 10.8 Å². The predicted molar refractivity (Wildman–Crippen MR) is 132 cm³/mol. The number of H-pyrrole nitrogens is 1. The summed E-state index contributed by atoms with van der Waals surface area (Å²) in [4.78, 5) is 38.5. The monoisotopic (exact) mass is 469 g/mol. The highest BCUT2D eigenvalue weighted by Crippen LogP contribution is 2.20. The van der Waals surface area contributed by atoms with Crippen molar-refractivity contribution in [2.75, 3.05) is 7.11 Å². The van der Waals surface area contributed by atoms with Crippen LogP contribution >= 0.6 is 0 Å².